The van der Waals surface area contributed by atoms with Crippen LogP contribution in [-0.2, 0) is 0 Å². The molecule has 1 aromatic heterocycles. The highest BCUT2D eigenvalue weighted by molar-refractivity contribution is 14.1. The molecule has 3 rings (SSSR count). The second-order valence-corrected chi connectivity index (χ2v) is 6.17. The van der Waals surface area contributed by atoms with Crippen molar-refractivity contribution < 1.29 is 5.11 Å². The van der Waals surface area contributed by atoms with E-state index in [1.807, 2.05) is 47.3 Å². The van der Waals surface area contributed by atoms with Crippen molar-refractivity contribution in [1.82, 2.24) is 4.57 Å². The molecular weight excluding hydrogens is 387 g/mol. The minimum absolute atomic E-state index is 0.264. The number of hydrogen-bond acceptors (Lipinski definition) is 2. The van der Waals surface area contributed by atoms with Crippen molar-refractivity contribution >= 4 is 34.5 Å². The summed E-state index contributed by atoms with van der Waals surface area (Å²) in [6, 6.07) is 17.3. The zero-order valence-corrected chi connectivity index (χ0v) is 14.2. The van der Waals surface area contributed by atoms with Gasteiger partial charge in [0.1, 0.15) is 5.75 Å². The van der Waals surface area contributed by atoms with Crippen LogP contribution in [0, 0.1) is 10.5 Å². The van der Waals surface area contributed by atoms with Gasteiger partial charge in [0.25, 0.3) is 0 Å². The summed E-state index contributed by atoms with van der Waals surface area (Å²) in [5.41, 5.74) is 4.14. The topological polar surface area (TPSA) is 37.5 Å². The summed E-state index contributed by atoms with van der Waals surface area (Å²) < 4.78 is 3.27. The first-order valence-electron chi connectivity index (χ1n) is 6.90. The fourth-order valence-corrected chi connectivity index (χ4v) is 2.53. The number of aryl methyl sites for hydroxylation is 1. The number of aromatic hydroxyl groups is 1. The molecule has 0 saturated heterocycles. The molecule has 0 fully saturated rings. The molecule has 3 nitrogen and oxygen atoms in total. The summed E-state index contributed by atoms with van der Waals surface area (Å²) in [5, 5.41) is 9.39. The van der Waals surface area contributed by atoms with Crippen LogP contribution in [0.5, 0.6) is 5.75 Å². The normalized spacial score (nSPS) is 11.2. The molecule has 3 aromatic rings. The highest BCUT2D eigenvalue weighted by Crippen LogP contribution is 2.20. The highest BCUT2D eigenvalue weighted by atomic mass is 127. The van der Waals surface area contributed by atoms with E-state index in [9.17, 15) is 5.11 Å². The lowest BCUT2D eigenvalue weighted by Crippen LogP contribution is -1.97. The smallest absolute Gasteiger partial charge is 0.115 e. The largest absolute Gasteiger partial charge is 0.508 e. The van der Waals surface area contributed by atoms with Gasteiger partial charge in [-0.25, -0.2) is 0 Å². The van der Waals surface area contributed by atoms with Gasteiger partial charge in [-0.2, -0.15) is 0 Å². The Morgan fingerprint density at radius 1 is 1.09 bits per heavy atom. The predicted molar refractivity (Wildman–Crippen MR) is 98.6 cm³/mol. The second kappa shape index (κ2) is 6.36. The number of phenols is 1. The Morgan fingerprint density at radius 2 is 1.86 bits per heavy atom. The molecule has 4 heteroatoms. The Kier molecular flexibility index (Phi) is 4.29. The van der Waals surface area contributed by atoms with Crippen molar-refractivity contribution in [1.29, 1.82) is 0 Å². The van der Waals surface area contributed by atoms with Crippen LogP contribution in [0.3, 0.4) is 0 Å². The molecule has 0 aliphatic heterocycles. The molecule has 0 saturated carbocycles. The van der Waals surface area contributed by atoms with E-state index < -0.39 is 0 Å². The first-order valence-corrected chi connectivity index (χ1v) is 7.98. The third-order valence-corrected chi connectivity index (χ3v) is 4.61. The Bertz CT molecular complexity index is 819. The van der Waals surface area contributed by atoms with Gasteiger partial charge in [0.2, 0.25) is 0 Å². The van der Waals surface area contributed by atoms with Gasteiger partial charge < -0.3 is 9.67 Å². The van der Waals surface area contributed by atoms with E-state index in [1.54, 1.807) is 12.1 Å². The number of benzene rings is 2. The average Bonchev–Trinajstić information content (AvgIpc) is 2.98. The zero-order chi connectivity index (χ0) is 15.5. The van der Waals surface area contributed by atoms with Crippen LogP contribution < -0.4 is 0 Å². The molecule has 1 heterocycles. The molecule has 0 amide bonds. The minimum atomic E-state index is 0.264. The maximum absolute atomic E-state index is 9.39. The SMILES string of the molecule is Cc1cc(N=Cc2cccn2-c2ccc(O)cc2)ccc1I. The lowest BCUT2D eigenvalue weighted by Gasteiger charge is -2.06. The molecule has 0 spiro atoms. The third kappa shape index (κ3) is 3.22. The maximum atomic E-state index is 9.39. The van der Waals surface area contributed by atoms with Crippen LogP contribution in [0.2, 0.25) is 0 Å². The number of halogens is 1. The molecular formula is C18H15IN2O. The van der Waals surface area contributed by atoms with Gasteiger partial charge in [-0.15, -0.1) is 0 Å². The quantitative estimate of drug-likeness (QED) is 0.494. The molecule has 22 heavy (non-hydrogen) atoms. The monoisotopic (exact) mass is 402 g/mol. The van der Waals surface area contributed by atoms with Crippen LogP contribution in [0.1, 0.15) is 11.3 Å². The maximum Gasteiger partial charge on any atom is 0.115 e. The van der Waals surface area contributed by atoms with Crippen molar-refractivity contribution in [2.24, 2.45) is 4.99 Å². The fourth-order valence-electron chi connectivity index (χ4n) is 2.20. The summed E-state index contributed by atoms with van der Waals surface area (Å²) in [7, 11) is 0. The molecule has 2 aromatic carbocycles. The Morgan fingerprint density at radius 3 is 2.59 bits per heavy atom. The highest BCUT2D eigenvalue weighted by Gasteiger charge is 2.01. The molecule has 0 bridgehead atoms. The van der Waals surface area contributed by atoms with Crippen LogP contribution in [0.25, 0.3) is 5.69 Å². The summed E-state index contributed by atoms with van der Waals surface area (Å²) >= 11 is 2.32. The van der Waals surface area contributed by atoms with Crippen molar-refractivity contribution in [2.45, 2.75) is 6.92 Å². The fraction of sp³-hybridized carbons (Fsp3) is 0.0556. The lowest BCUT2D eigenvalue weighted by molar-refractivity contribution is 0.475. The Hall–Kier alpha value is -2.08. The molecule has 1 N–H and O–H groups in total. The average molecular weight is 402 g/mol. The lowest BCUT2D eigenvalue weighted by atomic mass is 10.2. The number of aliphatic imine (C=N–C) groups is 1. The summed E-state index contributed by atoms with van der Waals surface area (Å²) in [6.45, 7) is 2.08. The standard InChI is InChI=1S/C18H15IN2O/c1-13-11-14(4-9-18(13)19)20-12-16-3-2-10-21(16)15-5-7-17(22)8-6-15/h2-12,22H,1H3. The summed E-state index contributed by atoms with van der Waals surface area (Å²) in [6.07, 6.45) is 3.83. The molecule has 0 unspecified atom stereocenters. The molecule has 110 valence electrons. The van der Waals surface area contributed by atoms with Gasteiger partial charge in [0.05, 0.1) is 17.6 Å². The predicted octanol–water partition coefficient (Wildman–Crippen LogP) is 4.85. The molecule has 0 aliphatic carbocycles. The van der Waals surface area contributed by atoms with E-state index >= 15 is 0 Å². The van der Waals surface area contributed by atoms with Crippen LogP contribution >= 0.6 is 22.6 Å². The van der Waals surface area contributed by atoms with Crippen LogP contribution in [-0.4, -0.2) is 15.9 Å². The number of aromatic nitrogens is 1. The van der Waals surface area contributed by atoms with Crippen molar-refractivity contribution in [3.8, 4) is 11.4 Å². The molecule has 0 radical (unpaired) electrons. The van der Waals surface area contributed by atoms with Gasteiger partial charge in [-0.1, -0.05) is 0 Å². The van der Waals surface area contributed by atoms with E-state index in [2.05, 4.69) is 46.6 Å². The van der Waals surface area contributed by atoms with Gasteiger partial charge in [-0.3, -0.25) is 4.99 Å². The Labute approximate surface area is 143 Å². The second-order valence-electron chi connectivity index (χ2n) is 5.01. The van der Waals surface area contributed by atoms with Crippen molar-refractivity contribution in [3.05, 3.63) is 75.6 Å². The van der Waals surface area contributed by atoms with E-state index in [-0.39, 0.29) is 5.75 Å². The number of rotatable bonds is 3. The van der Waals surface area contributed by atoms with E-state index in [0.717, 1.165) is 17.1 Å². The molecule has 0 aliphatic rings. The number of hydrogen-bond donors (Lipinski definition) is 1. The van der Waals surface area contributed by atoms with Crippen LogP contribution in [0.4, 0.5) is 5.69 Å². The van der Waals surface area contributed by atoms with E-state index in [4.69, 9.17) is 0 Å². The Balaban J connectivity index is 1.90. The number of phenolic OH excluding ortho intramolecular Hbond substituents is 1. The van der Waals surface area contributed by atoms with Crippen molar-refractivity contribution in [2.75, 3.05) is 0 Å². The van der Waals surface area contributed by atoms with E-state index in [1.165, 1.54) is 9.13 Å². The first-order chi connectivity index (χ1) is 10.6. The van der Waals surface area contributed by atoms with Gasteiger partial charge in [0.15, 0.2) is 0 Å². The number of nitrogens with zero attached hydrogens (tertiary/aromatic N) is 2. The summed E-state index contributed by atoms with van der Waals surface area (Å²) in [4.78, 5) is 4.56. The third-order valence-electron chi connectivity index (χ3n) is 3.40. The van der Waals surface area contributed by atoms with E-state index in [0.29, 0.717) is 0 Å². The van der Waals surface area contributed by atoms with Gasteiger partial charge in [-0.05, 0) is 89.7 Å². The molecule has 0 atom stereocenters. The zero-order valence-electron chi connectivity index (χ0n) is 12.1. The first kappa shape index (κ1) is 14.8. The van der Waals surface area contributed by atoms with Gasteiger partial charge >= 0.3 is 0 Å². The summed E-state index contributed by atoms with van der Waals surface area (Å²) in [5.74, 6) is 0.264. The van der Waals surface area contributed by atoms with Crippen molar-refractivity contribution in [3.63, 3.8) is 0 Å². The van der Waals surface area contributed by atoms with Gasteiger partial charge in [0, 0.05) is 15.5 Å². The van der Waals surface area contributed by atoms with Crippen LogP contribution in [0.15, 0.2) is 65.8 Å². The minimum Gasteiger partial charge on any atom is -0.508 e.